The van der Waals surface area contributed by atoms with Gasteiger partial charge in [0, 0.05) is 23.5 Å². The monoisotopic (exact) mass is 470 g/mol. The van der Waals surface area contributed by atoms with Crippen molar-refractivity contribution in [2.24, 2.45) is 0 Å². The highest BCUT2D eigenvalue weighted by molar-refractivity contribution is 6.03. The molecule has 174 valence electrons. The summed E-state index contributed by atoms with van der Waals surface area (Å²) < 4.78 is 44.7. The van der Waals surface area contributed by atoms with Crippen LogP contribution in [-0.4, -0.2) is 26.3 Å². The number of carbonyl (C=O) groups excluding carboxylic acids is 1. The Bertz CT molecular complexity index is 1320. The van der Waals surface area contributed by atoms with Crippen molar-refractivity contribution in [3.63, 3.8) is 0 Å². The van der Waals surface area contributed by atoms with Gasteiger partial charge in [0.05, 0.1) is 5.69 Å². The zero-order chi connectivity index (χ0) is 24.3. The summed E-state index contributed by atoms with van der Waals surface area (Å²) in [6.45, 7) is 2.18. The fraction of sp³-hybridized carbons (Fsp3) is 0.143. The molecule has 2 amide bonds. The van der Waals surface area contributed by atoms with E-state index in [0.717, 1.165) is 28.6 Å². The molecule has 0 aliphatic heterocycles. The van der Waals surface area contributed by atoms with E-state index in [0.29, 0.717) is 12.6 Å². The van der Waals surface area contributed by atoms with Gasteiger partial charge in [0.1, 0.15) is 5.69 Å². The molecular weight excluding hydrogens is 453 g/mol. The second kappa shape index (κ2) is 9.13. The van der Waals surface area contributed by atoms with Crippen LogP contribution in [0.4, 0.5) is 35.5 Å². The largest absolute Gasteiger partial charge is 0.433 e. The lowest BCUT2D eigenvalue weighted by molar-refractivity contribution is -0.754. The number of nitrogens with zero attached hydrogens (tertiary/aromatic N) is 6. The molecule has 34 heavy (non-hydrogen) atoms. The number of aromatic nitrogens is 5. The average molecular weight is 470 g/mol. The van der Waals surface area contributed by atoms with Gasteiger partial charge >= 0.3 is 6.18 Å². The van der Waals surface area contributed by atoms with E-state index in [-0.39, 0.29) is 17.5 Å². The smallest absolute Gasteiger partial charge is 0.424 e. The summed E-state index contributed by atoms with van der Waals surface area (Å²) in [5.74, 6) is 0.0934. The third-order valence-corrected chi connectivity index (χ3v) is 4.62. The Morgan fingerprint density at radius 3 is 2.68 bits per heavy atom. The number of anilines is 2. The van der Waals surface area contributed by atoms with E-state index in [1.807, 2.05) is 31.2 Å². The number of halogens is 3. The molecular formula is C21H17F3N8O2. The third kappa shape index (κ3) is 5.43. The van der Waals surface area contributed by atoms with Crippen molar-refractivity contribution in [1.29, 1.82) is 0 Å². The Labute approximate surface area is 190 Å². The summed E-state index contributed by atoms with van der Waals surface area (Å²) in [6, 6.07) is 8.57. The first kappa shape index (κ1) is 22.6. The summed E-state index contributed by atoms with van der Waals surface area (Å²) in [6.07, 6.45) is -0.644. The highest BCUT2D eigenvalue weighted by atomic mass is 19.4. The average Bonchev–Trinajstić information content (AvgIpc) is 3.20. The Morgan fingerprint density at radius 2 is 1.97 bits per heavy atom. The molecule has 4 aromatic rings. The van der Waals surface area contributed by atoms with Crippen molar-refractivity contribution in [3.8, 4) is 11.1 Å². The molecule has 0 radical (unpaired) electrons. The second-order valence-corrected chi connectivity index (χ2v) is 7.13. The maximum Gasteiger partial charge on any atom is 0.433 e. The SMILES string of the molecule is Cc1nc(N)ncc1-c1ccc(C[n+]2cc([N-]C(=O)Nc3ccnc(C(F)(F)F)c3)on2)cc1. The second-order valence-electron chi connectivity index (χ2n) is 7.13. The summed E-state index contributed by atoms with van der Waals surface area (Å²) in [4.78, 5) is 23.4. The predicted octanol–water partition coefficient (Wildman–Crippen LogP) is 4.01. The number of aryl methyl sites for hydroxylation is 1. The molecule has 0 unspecified atom stereocenters. The van der Waals surface area contributed by atoms with E-state index in [4.69, 9.17) is 10.3 Å². The van der Waals surface area contributed by atoms with Crippen LogP contribution in [0.15, 0.2) is 59.5 Å². The quantitative estimate of drug-likeness (QED) is 0.420. The van der Waals surface area contributed by atoms with E-state index in [1.54, 1.807) is 6.20 Å². The van der Waals surface area contributed by atoms with Crippen LogP contribution in [-0.2, 0) is 12.7 Å². The van der Waals surface area contributed by atoms with Gasteiger partial charge in [0.15, 0.2) is 11.3 Å². The molecule has 0 bridgehead atoms. The Balaban J connectivity index is 1.37. The van der Waals surface area contributed by atoms with Crippen LogP contribution >= 0.6 is 0 Å². The number of urea groups is 1. The standard InChI is InChI=1S/C21H17F3N8O2/c1-12-16(9-27-19(25)28-12)14-4-2-13(3-5-14)10-32-11-18(34-31-32)30-20(33)29-15-6-7-26-17(8-15)21(22,23)24/h2-9,11H,10H2,1H3,(H3-,25,26,27,28,29,30,31,33). The lowest BCUT2D eigenvalue weighted by atomic mass is 10.0. The van der Waals surface area contributed by atoms with Gasteiger partial charge in [-0.3, -0.25) is 9.78 Å². The minimum atomic E-state index is -4.63. The summed E-state index contributed by atoms with van der Waals surface area (Å²) >= 11 is 0. The first-order valence-electron chi connectivity index (χ1n) is 9.78. The number of pyridine rings is 1. The number of hydrogen-bond donors (Lipinski definition) is 2. The highest BCUT2D eigenvalue weighted by Crippen LogP contribution is 2.29. The van der Waals surface area contributed by atoms with Crippen molar-refractivity contribution in [3.05, 3.63) is 77.3 Å². The predicted molar refractivity (Wildman–Crippen MR) is 114 cm³/mol. The van der Waals surface area contributed by atoms with Crippen molar-refractivity contribution in [2.45, 2.75) is 19.6 Å². The van der Waals surface area contributed by atoms with Gasteiger partial charge in [-0.1, -0.05) is 24.3 Å². The minimum absolute atomic E-state index is 0.106. The molecule has 0 saturated carbocycles. The van der Waals surface area contributed by atoms with Gasteiger partial charge in [-0.05, 0) is 35.0 Å². The van der Waals surface area contributed by atoms with Crippen molar-refractivity contribution >= 4 is 23.6 Å². The minimum Gasteiger partial charge on any atom is -0.424 e. The maximum absolute atomic E-state index is 12.7. The number of nitrogens with one attached hydrogen (secondary N) is 1. The molecule has 4 rings (SSSR count). The molecule has 0 atom stereocenters. The van der Waals surface area contributed by atoms with E-state index < -0.39 is 17.9 Å². The normalized spacial score (nSPS) is 11.3. The van der Waals surface area contributed by atoms with Gasteiger partial charge in [-0.25, -0.2) is 9.97 Å². The number of rotatable bonds is 5. The summed E-state index contributed by atoms with van der Waals surface area (Å²) in [7, 11) is 0. The van der Waals surface area contributed by atoms with Crippen LogP contribution in [0.3, 0.4) is 0 Å². The number of nitrogens with two attached hydrogens (primary N) is 1. The first-order chi connectivity index (χ1) is 16.2. The lowest BCUT2D eigenvalue weighted by Gasteiger charge is -2.14. The van der Waals surface area contributed by atoms with Crippen LogP contribution < -0.4 is 15.7 Å². The molecule has 3 heterocycles. The molecule has 3 aromatic heterocycles. The zero-order valence-corrected chi connectivity index (χ0v) is 17.6. The molecule has 13 heteroatoms. The number of hydrogen-bond acceptors (Lipinski definition) is 7. The summed E-state index contributed by atoms with van der Waals surface area (Å²) in [5.41, 5.74) is 7.79. The number of carbonyl (C=O) groups is 1. The number of nitrogen functional groups attached to an aromatic ring is 1. The number of benzene rings is 1. The number of amides is 2. The van der Waals surface area contributed by atoms with Crippen molar-refractivity contribution in [1.82, 2.24) is 20.2 Å². The molecule has 0 aliphatic carbocycles. The summed E-state index contributed by atoms with van der Waals surface area (Å²) in [5, 5.41) is 9.68. The highest BCUT2D eigenvalue weighted by Gasteiger charge is 2.32. The van der Waals surface area contributed by atoms with Crippen LogP contribution in [0.5, 0.6) is 0 Å². The van der Waals surface area contributed by atoms with E-state index in [9.17, 15) is 18.0 Å². The van der Waals surface area contributed by atoms with Gasteiger partial charge < -0.3 is 20.9 Å². The van der Waals surface area contributed by atoms with Gasteiger partial charge in [0.25, 0.3) is 0 Å². The fourth-order valence-electron chi connectivity index (χ4n) is 3.05. The first-order valence-corrected chi connectivity index (χ1v) is 9.78. The van der Waals surface area contributed by atoms with E-state index in [2.05, 4.69) is 30.9 Å². The lowest BCUT2D eigenvalue weighted by Crippen LogP contribution is -2.35. The fourth-order valence-corrected chi connectivity index (χ4v) is 3.05. The Morgan fingerprint density at radius 1 is 1.21 bits per heavy atom. The Hall–Kier alpha value is -4.55. The third-order valence-electron chi connectivity index (χ3n) is 4.62. The van der Waals surface area contributed by atoms with Crippen LogP contribution in [0.25, 0.3) is 16.4 Å². The van der Waals surface area contributed by atoms with Gasteiger partial charge in [0.2, 0.25) is 24.6 Å². The van der Waals surface area contributed by atoms with Crippen molar-refractivity contribution in [2.75, 3.05) is 11.1 Å². The topological polar surface area (TPSA) is 138 Å². The van der Waals surface area contributed by atoms with Crippen LogP contribution in [0, 0.1) is 6.92 Å². The molecule has 0 saturated heterocycles. The number of alkyl halides is 3. The van der Waals surface area contributed by atoms with Crippen LogP contribution in [0.1, 0.15) is 17.0 Å². The van der Waals surface area contributed by atoms with Gasteiger partial charge in [-0.15, -0.1) is 0 Å². The zero-order valence-electron chi connectivity index (χ0n) is 17.6. The van der Waals surface area contributed by atoms with Crippen LogP contribution in [0.2, 0.25) is 0 Å². The molecule has 3 N–H and O–H groups in total. The Kier molecular flexibility index (Phi) is 6.08. The molecule has 0 aliphatic rings. The van der Waals surface area contributed by atoms with Crippen molar-refractivity contribution < 1.29 is 27.2 Å². The molecule has 0 spiro atoms. The van der Waals surface area contributed by atoms with E-state index in [1.165, 1.54) is 16.9 Å². The van der Waals surface area contributed by atoms with Gasteiger partial charge in [-0.2, -0.15) is 13.2 Å². The molecule has 0 fully saturated rings. The molecule has 10 nitrogen and oxygen atoms in total. The molecule has 1 aromatic carbocycles. The van der Waals surface area contributed by atoms with E-state index >= 15 is 0 Å². The maximum atomic E-state index is 12.7.